The first-order valence-electron chi connectivity index (χ1n) is 5.32. The van der Waals surface area contributed by atoms with Crippen LogP contribution < -0.4 is 11.1 Å². The van der Waals surface area contributed by atoms with Gasteiger partial charge in [0.05, 0.1) is 5.56 Å². The van der Waals surface area contributed by atoms with E-state index in [1.165, 1.54) is 0 Å². The van der Waals surface area contributed by atoms with Crippen molar-refractivity contribution >= 4 is 29.7 Å². The summed E-state index contributed by atoms with van der Waals surface area (Å²) >= 11 is 0. The summed E-state index contributed by atoms with van der Waals surface area (Å²) in [6.07, 6.45) is 3.48. The zero-order chi connectivity index (χ0) is 13.0. The van der Waals surface area contributed by atoms with Crippen molar-refractivity contribution in [2.45, 2.75) is 0 Å². The average Bonchev–Trinajstić information content (AvgIpc) is 2.39. The Bertz CT molecular complexity index is 595. The fraction of sp³-hybridized carbons (Fsp3) is 0. The number of nitrogens with one attached hydrogen (secondary N) is 2. The molecule has 0 radical (unpaired) electrons. The highest BCUT2D eigenvalue weighted by atomic mass is 16.1. The van der Waals surface area contributed by atoms with Crippen LogP contribution in [0.3, 0.4) is 0 Å². The van der Waals surface area contributed by atoms with E-state index in [2.05, 4.69) is 10.3 Å². The summed E-state index contributed by atoms with van der Waals surface area (Å²) in [7, 11) is 0. The highest BCUT2D eigenvalue weighted by molar-refractivity contribution is 5.92. The van der Waals surface area contributed by atoms with Crippen LogP contribution in [0, 0.1) is 5.41 Å². The van der Waals surface area contributed by atoms with E-state index in [0.717, 1.165) is 18.2 Å². The molecule has 0 aliphatic carbocycles. The van der Waals surface area contributed by atoms with E-state index in [9.17, 15) is 4.79 Å². The zero-order valence-corrected chi connectivity index (χ0v) is 9.55. The summed E-state index contributed by atoms with van der Waals surface area (Å²) in [5, 5.41) is 10.4. The summed E-state index contributed by atoms with van der Waals surface area (Å²) < 4.78 is 0. The van der Waals surface area contributed by atoms with Gasteiger partial charge in [-0.2, -0.15) is 0 Å². The van der Waals surface area contributed by atoms with Gasteiger partial charge < -0.3 is 16.5 Å². The van der Waals surface area contributed by atoms with Crippen LogP contribution in [0.25, 0.3) is 0 Å². The minimum absolute atomic E-state index is 0.481. The van der Waals surface area contributed by atoms with Gasteiger partial charge in [-0.3, -0.25) is 4.79 Å². The van der Waals surface area contributed by atoms with Gasteiger partial charge in [-0.1, -0.05) is 12.1 Å². The number of nitrogen functional groups attached to an aromatic ring is 1. The van der Waals surface area contributed by atoms with Gasteiger partial charge in [-0.05, 0) is 18.2 Å². The molecule has 2 rings (SSSR count). The average molecular weight is 240 g/mol. The molecule has 0 aliphatic rings. The number of benzene rings is 1. The van der Waals surface area contributed by atoms with Crippen LogP contribution in [-0.4, -0.2) is 17.5 Å². The third-order valence-corrected chi connectivity index (χ3v) is 2.45. The maximum Gasteiger partial charge on any atom is 0.150 e. The van der Waals surface area contributed by atoms with Gasteiger partial charge in [-0.15, -0.1) is 0 Å². The van der Waals surface area contributed by atoms with Gasteiger partial charge in [0.15, 0.2) is 0 Å². The highest BCUT2D eigenvalue weighted by Gasteiger charge is 2.05. The molecular formula is C13H12N4O. The first-order chi connectivity index (χ1) is 8.74. The first kappa shape index (κ1) is 11.8. The maximum atomic E-state index is 10.7. The summed E-state index contributed by atoms with van der Waals surface area (Å²) in [5.41, 5.74) is 8.05. The molecule has 1 aromatic heterocycles. The Morgan fingerprint density at radius 3 is 2.89 bits per heavy atom. The Labute approximate surface area is 104 Å². The second kappa shape index (κ2) is 5.09. The standard InChI is InChI=1S/C13H12N4O/c14-7-11-12(15)4-5-16-13(11)17-10-3-1-2-9(6-10)8-18/h1-8,14H,(H3,15,16,17). The van der Waals surface area contributed by atoms with E-state index in [-0.39, 0.29) is 0 Å². The number of nitrogens with two attached hydrogens (primary N) is 1. The van der Waals surface area contributed by atoms with Crippen molar-refractivity contribution < 1.29 is 4.79 Å². The van der Waals surface area contributed by atoms with E-state index >= 15 is 0 Å². The van der Waals surface area contributed by atoms with Crippen molar-refractivity contribution in [3.05, 3.63) is 47.7 Å². The van der Waals surface area contributed by atoms with Gasteiger partial charge in [-0.25, -0.2) is 4.98 Å². The Hall–Kier alpha value is -2.69. The van der Waals surface area contributed by atoms with Crippen molar-refractivity contribution in [2.24, 2.45) is 0 Å². The van der Waals surface area contributed by atoms with Crippen LogP contribution in [0.1, 0.15) is 15.9 Å². The van der Waals surface area contributed by atoms with Crippen LogP contribution in [0.5, 0.6) is 0 Å². The Balaban J connectivity index is 2.36. The monoisotopic (exact) mass is 240 g/mol. The molecule has 0 saturated carbocycles. The molecule has 0 fully saturated rings. The molecule has 0 aliphatic heterocycles. The quantitative estimate of drug-likeness (QED) is 0.564. The molecule has 0 unspecified atom stereocenters. The Morgan fingerprint density at radius 1 is 1.33 bits per heavy atom. The summed E-state index contributed by atoms with van der Waals surface area (Å²) in [5.74, 6) is 0.494. The maximum absolute atomic E-state index is 10.7. The molecular weight excluding hydrogens is 228 g/mol. The lowest BCUT2D eigenvalue weighted by atomic mass is 10.2. The Morgan fingerprint density at radius 2 is 2.17 bits per heavy atom. The van der Waals surface area contributed by atoms with E-state index < -0.39 is 0 Å². The molecule has 0 bridgehead atoms. The third kappa shape index (κ3) is 2.35. The predicted molar refractivity (Wildman–Crippen MR) is 71.6 cm³/mol. The Kier molecular flexibility index (Phi) is 3.33. The van der Waals surface area contributed by atoms with Gasteiger partial charge in [0.1, 0.15) is 12.1 Å². The van der Waals surface area contributed by atoms with Crippen LogP contribution in [0.4, 0.5) is 17.2 Å². The third-order valence-electron chi connectivity index (χ3n) is 2.45. The predicted octanol–water partition coefficient (Wildman–Crippen LogP) is 2.22. The van der Waals surface area contributed by atoms with Gasteiger partial charge >= 0.3 is 0 Å². The molecule has 0 amide bonds. The van der Waals surface area contributed by atoms with E-state index in [1.54, 1.807) is 30.5 Å². The number of carbonyl (C=O) groups is 1. The molecule has 1 heterocycles. The lowest BCUT2D eigenvalue weighted by Gasteiger charge is -2.10. The number of hydrogen-bond donors (Lipinski definition) is 3. The molecule has 1 aromatic carbocycles. The van der Waals surface area contributed by atoms with Crippen molar-refractivity contribution in [3.63, 3.8) is 0 Å². The van der Waals surface area contributed by atoms with Crippen molar-refractivity contribution in [3.8, 4) is 0 Å². The van der Waals surface area contributed by atoms with Gasteiger partial charge in [0, 0.05) is 29.3 Å². The number of aromatic nitrogens is 1. The minimum atomic E-state index is 0.481. The van der Waals surface area contributed by atoms with Gasteiger partial charge in [0.2, 0.25) is 0 Å². The van der Waals surface area contributed by atoms with E-state index in [1.807, 2.05) is 6.07 Å². The number of hydrogen-bond acceptors (Lipinski definition) is 5. The molecule has 0 saturated heterocycles. The lowest BCUT2D eigenvalue weighted by Crippen LogP contribution is -2.02. The normalized spacial score (nSPS) is 9.78. The van der Waals surface area contributed by atoms with Crippen molar-refractivity contribution in [2.75, 3.05) is 11.1 Å². The summed E-state index contributed by atoms with van der Waals surface area (Å²) in [4.78, 5) is 14.8. The molecule has 0 spiro atoms. The molecule has 18 heavy (non-hydrogen) atoms. The molecule has 5 heteroatoms. The summed E-state index contributed by atoms with van der Waals surface area (Å²) in [6.45, 7) is 0. The highest BCUT2D eigenvalue weighted by Crippen LogP contribution is 2.21. The topological polar surface area (TPSA) is 91.9 Å². The fourth-order valence-corrected chi connectivity index (χ4v) is 1.57. The van der Waals surface area contributed by atoms with E-state index in [4.69, 9.17) is 11.1 Å². The summed E-state index contributed by atoms with van der Waals surface area (Å²) in [6, 6.07) is 8.62. The second-order valence-electron chi connectivity index (χ2n) is 3.68. The lowest BCUT2D eigenvalue weighted by molar-refractivity contribution is 0.112. The number of carbonyl (C=O) groups excluding carboxylic acids is 1. The molecule has 2 aromatic rings. The smallest absolute Gasteiger partial charge is 0.150 e. The fourth-order valence-electron chi connectivity index (χ4n) is 1.57. The number of aldehydes is 1. The van der Waals surface area contributed by atoms with Crippen molar-refractivity contribution in [1.82, 2.24) is 4.98 Å². The van der Waals surface area contributed by atoms with Crippen molar-refractivity contribution in [1.29, 1.82) is 5.41 Å². The molecule has 0 atom stereocenters. The van der Waals surface area contributed by atoms with Crippen LogP contribution in [-0.2, 0) is 0 Å². The largest absolute Gasteiger partial charge is 0.398 e. The van der Waals surface area contributed by atoms with Gasteiger partial charge in [0.25, 0.3) is 0 Å². The van der Waals surface area contributed by atoms with E-state index in [0.29, 0.717) is 22.6 Å². The van der Waals surface area contributed by atoms with Crippen LogP contribution in [0.2, 0.25) is 0 Å². The number of anilines is 3. The van der Waals surface area contributed by atoms with Crippen LogP contribution >= 0.6 is 0 Å². The number of rotatable bonds is 4. The number of pyridine rings is 1. The SMILES string of the molecule is N=Cc1c(N)ccnc1Nc1cccc(C=O)c1. The molecule has 4 N–H and O–H groups in total. The van der Waals surface area contributed by atoms with Crippen LogP contribution in [0.15, 0.2) is 36.5 Å². The molecule has 90 valence electrons. The zero-order valence-electron chi connectivity index (χ0n) is 9.55. The molecule has 5 nitrogen and oxygen atoms in total. The minimum Gasteiger partial charge on any atom is -0.398 e. The first-order valence-corrected chi connectivity index (χ1v) is 5.32. The second-order valence-corrected chi connectivity index (χ2v) is 3.68. The number of nitrogens with zero attached hydrogens (tertiary/aromatic N) is 1.